The topological polar surface area (TPSA) is 90.1 Å². The minimum absolute atomic E-state index is 0.133. The first-order chi connectivity index (χ1) is 17.2. The third-order valence-corrected chi connectivity index (χ3v) is 6.73. The van der Waals surface area contributed by atoms with Crippen LogP contribution in [0.4, 0.5) is 0 Å². The molecule has 35 heavy (non-hydrogen) atoms. The van der Waals surface area contributed by atoms with E-state index in [0.717, 1.165) is 33.2 Å². The van der Waals surface area contributed by atoms with Gasteiger partial charge in [0.1, 0.15) is 0 Å². The lowest BCUT2D eigenvalue weighted by Gasteiger charge is -2.29. The van der Waals surface area contributed by atoms with Crippen molar-refractivity contribution in [2.45, 2.75) is 25.0 Å². The number of aliphatic hydroxyl groups is 1. The first-order valence-electron chi connectivity index (χ1n) is 11.7. The Morgan fingerprint density at radius 1 is 1.00 bits per heavy atom. The van der Waals surface area contributed by atoms with Crippen molar-refractivity contribution in [2.75, 3.05) is 13.2 Å². The molecule has 1 aliphatic heterocycles. The van der Waals surface area contributed by atoms with E-state index in [0.29, 0.717) is 30.4 Å². The Morgan fingerprint density at radius 2 is 1.83 bits per heavy atom. The van der Waals surface area contributed by atoms with Crippen LogP contribution >= 0.6 is 0 Å². The molecule has 0 bridgehead atoms. The Hall–Kier alpha value is -3.94. The van der Waals surface area contributed by atoms with Gasteiger partial charge in [-0.3, -0.25) is 19.3 Å². The van der Waals surface area contributed by atoms with Crippen molar-refractivity contribution in [1.82, 2.24) is 19.5 Å². The second kappa shape index (κ2) is 9.02. The number of hydrogen-bond donors (Lipinski definition) is 1. The maximum absolute atomic E-state index is 13.6. The molecule has 1 unspecified atom stereocenters. The van der Waals surface area contributed by atoms with Crippen LogP contribution in [0.1, 0.15) is 23.6 Å². The van der Waals surface area contributed by atoms with Gasteiger partial charge in [-0.25, -0.2) is 4.98 Å². The molecule has 5 aromatic rings. The number of benzene rings is 3. The molecule has 6 rings (SSSR count). The summed E-state index contributed by atoms with van der Waals surface area (Å²) in [5.41, 5.74) is 4.58. The molecule has 7 heteroatoms. The highest BCUT2D eigenvalue weighted by Crippen LogP contribution is 2.29. The second-order valence-electron chi connectivity index (χ2n) is 8.90. The van der Waals surface area contributed by atoms with E-state index in [1.165, 1.54) is 0 Å². The molecule has 2 atom stereocenters. The van der Waals surface area contributed by atoms with Gasteiger partial charge in [0.15, 0.2) is 0 Å². The third kappa shape index (κ3) is 3.99. The van der Waals surface area contributed by atoms with Gasteiger partial charge in [-0.2, -0.15) is 0 Å². The fourth-order valence-corrected chi connectivity index (χ4v) is 4.93. The monoisotopic (exact) mass is 464 g/mol. The zero-order valence-corrected chi connectivity index (χ0v) is 19.0. The van der Waals surface area contributed by atoms with E-state index in [2.05, 4.69) is 33.2 Å². The molecule has 1 fully saturated rings. The Labute approximate surface area is 201 Å². The first-order valence-corrected chi connectivity index (χ1v) is 11.7. The van der Waals surface area contributed by atoms with Gasteiger partial charge in [-0.1, -0.05) is 48.5 Å². The van der Waals surface area contributed by atoms with E-state index in [1.807, 2.05) is 36.4 Å². The summed E-state index contributed by atoms with van der Waals surface area (Å²) in [6.07, 6.45) is 7.19. The van der Waals surface area contributed by atoms with Crippen LogP contribution in [-0.2, 0) is 11.2 Å². The number of aromatic nitrogens is 4. The number of hydrogen-bond acceptors (Lipinski definition) is 6. The zero-order chi connectivity index (χ0) is 23.8. The Kier molecular flexibility index (Phi) is 5.56. The molecule has 0 radical (unpaired) electrons. The van der Waals surface area contributed by atoms with E-state index >= 15 is 0 Å². The van der Waals surface area contributed by atoms with Gasteiger partial charge in [-0.15, -0.1) is 0 Å². The van der Waals surface area contributed by atoms with Crippen molar-refractivity contribution in [1.29, 1.82) is 0 Å². The van der Waals surface area contributed by atoms with Crippen LogP contribution in [0, 0.1) is 0 Å². The predicted octanol–water partition coefficient (Wildman–Crippen LogP) is 3.92. The fraction of sp³-hybridized carbons (Fsp3) is 0.214. The molecule has 3 aromatic carbocycles. The van der Waals surface area contributed by atoms with E-state index in [-0.39, 0.29) is 18.2 Å². The molecule has 7 nitrogen and oxygen atoms in total. The summed E-state index contributed by atoms with van der Waals surface area (Å²) >= 11 is 0. The minimum atomic E-state index is -0.728. The van der Waals surface area contributed by atoms with Crippen molar-refractivity contribution in [2.24, 2.45) is 0 Å². The van der Waals surface area contributed by atoms with Gasteiger partial charge in [0, 0.05) is 30.0 Å². The fourth-order valence-electron chi connectivity index (χ4n) is 4.93. The first kappa shape index (κ1) is 21.6. The van der Waals surface area contributed by atoms with Gasteiger partial charge in [0.25, 0.3) is 5.56 Å². The molecule has 1 N–H and O–H groups in total. The molecule has 0 amide bonds. The summed E-state index contributed by atoms with van der Waals surface area (Å²) in [7, 11) is 0. The van der Waals surface area contributed by atoms with E-state index in [9.17, 15) is 9.90 Å². The minimum Gasteiger partial charge on any atom is -0.389 e. The maximum Gasteiger partial charge on any atom is 0.261 e. The van der Waals surface area contributed by atoms with Gasteiger partial charge >= 0.3 is 0 Å². The van der Waals surface area contributed by atoms with Gasteiger partial charge in [0.05, 0.1) is 47.9 Å². The molecule has 0 spiro atoms. The smallest absolute Gasteiger partial charge is 0.261 e. The lowest BCUT2D eigenvalue weighted by Crippen LogP contribution is -2.39. The average Bonchev–Trinajstić information content (AvgIpc) is 2.91. The SMILES string of the molecule is O=c1c2cc(Cc3ccc(-c4cnccn4)cc3)c3ccccc3c2ncn1C1CCOC[C@@H]1O. The third-order valence-electron chi connectivity index (χ3n) is 6.73. The zero-order valence-electron chi connectivity index (χ0n) is 19.0. The lowest BCUT2D eigenvalue weighted by atomic mass is 9.95. The van der Waals surface area contributed by atoms with Gasteiger partial charge in [-0.05, 0) is 35.4 Å². The quantitative estimate of drug-likeness (QED) is 0.406. The molecule has 1 aliphatic rings. The largest absolute Gasteiger partial charge is 0.389 e. The summed E-state index contributed by atoms with van der Waals surface area (Å²) in [5, 5.41) is 13.0. The van der Waals surface area contributed by atoms with Crippen molar-refractivity contribution in [3.8, 4) is 11.3 Å². The van der Waals surface area contributed by atoms with E-state index < -0.39 is 6.10 Å². The van der Waals surface area contributed by atoms with Crippen molar-refractivity contribution in [3.63, 3.8) is 0 Å². The molecule has 1 saturated heterocycles. The number of aliphatic hydroxyl groups excluding tert-OH is 1. The highest BCUT2D eigenvalue weighted by atomic mass is 16.5. The predicted molar refractivity (Wildman–Crippen MR) is 134 cm³/mol. The Morgan fingerprint density at radius 3 is 2.60 bits per heavy atom. The molecule has 174 valence electrons. The summed E-state index contributed by atoms with van der Waals surface area (Å²) in [4.78, 5) is 26.8. The molecule has 2 aromatic heterocycles. The van der Waals surface area contributed by atoms with Crippen LogP contribution in [0.2, 0.25) is 0 Å². The number of fused-ring (bicyclic) bond motifs is 3. The highest BCUT2D eigenvalue weighted by Gasteiger charge is 2.27. The van der Waals surface area contributed by atoms with Crippen LogP contribution in [0.15, 0.2) is 84.3 Å². The molecular formula is C28H24N4O3. The molecular weight excluding hydrogens is 440 g/mol. The van der Waals surface area contributed by atoms with Crippen molar-refractivity contribution >= 4 is 21.7 Å². The van der Waals surface area contributed by atoms with Crippen molar-refractivity contribution < 1.29 is 9.84 Å². The molecule has 0 aliphatic carbocycles. The van der Waals surface area contributed by atoms with Crippen LogP contribution in [0.5, 0.6) is 0 Å². The summed E-state index contributed by atoms with van der Waals surface area (Å²) in [6, 6.07) is 18.0. The number of ether oxygens (including phenoxy) is 1. The summed E-state index contributed by atoms with van der Waals surface area (Å²) < 4.78 is 6.92. The number of nitrogens with zero attached hydrogens (tertiary/aromatic N) is 4. The lowest BCUT2D eigenvalue weighted by molar-refractivity contribution is -0.0395. The van der Waals surface area contributed by atoms with Gasteiger partial charge < -0.3 is 9.84 Å². The van der Waals surface area contributed by atoms with Crippen LogP contribution in [0.3, 0.4) is 0 Å². The molecule has 0 saturated carbocycles. The summed E-state index contributed by atoms with van der Waals surface area (Å²) in [6.45, 7) is 0.738. The second-order valence-corrected chi connectivity index (χ2v) is 8.90. The van der Waals surface area contributed by atoms with Crippen LogP contribution in [0.25, 0.3) is 32.9 Å². The normalized spacial score (nSPS) is 18.2. The highest BCUT2D eigenvalue weighted by molar-refractivity contribution is 6.06. The molecule has 3 heterocycles. The number of rotatable bonds is 4. The van der Waals surface area contributed by atoms with Gasteiger partial charge in [0.2, 0.25) is 0 Å². The average molecular weight is 465 g/mol. The van der Waals surface area contributed by atoms with Crippen molar-refractivity contribution in [3.05, 3.63) is 101 Å². The maximum atomic E-state index is 13.6. The van der Waals surface area contributed by atoms with E-state index in [1.54, 1.807) is 29.5 Å². The standard InChI is InChI=1S/C28H24N4O3/c33-26-16-35-12-9-25(26)32-17-31-27-22-4-2-1-3-21(22)20(14-23(27)28(32)34)13-18-5-7-19(8-6-18)24-15-29-10-11-30-24/h1-8,10-11,14-15,17,25-26,33H,9,12-13,16H2/t25?,26-/m0/s1. The Balaban J connectivity index is 1.44. The van der Waals surface area contributed by atoms with E-state index in [4.69, 9.17) is 4.74 Å². The van der Waals surface area contributed by atoms with Crippen LogP contribution in [-0.4, -0.2) is 43.9 Å². The Bertz CT molecular complexity index is 1570. The van der Waals surface area contributed by atoms with Crippen LogP contribution < -0.4 is 5.56 Å². The summed E-state index contributed by atoms with van der Waals surface area (Å²) in [5.74, 6) is 0.